The molecule has 3 aliphatic heterocycles. The number of carbonyl (C=O) groups excluding carboxylic acids is 3. The van der Waals surface area contributed by atoms with Crippen LogP contribution in [0.3, 0.4) is 0 Å². The number of imide groups is 1. The highest BCUT2D eigenvalue weighted by molar-refractivity contribution is 6.10. The number of hydrogen-bond donors (Lipinski definition) is 1. The number of fused-ring (bicyclic) bond motifs is 5. The summed E-state index contributed by atoms with van der Waals surface area (Å²) in [7, 11) is 0. The van der Waals surface area contributed by atoms with Gasteiger partial charge in [-0.2, -0.15) is 0 Å². The molecule has 0 bridgehead atoms. The summed E-state index contributed by atoms with van der Waals surface area (Å²) in [5.41, 5.74) is 2.09. The number of rotatable bonds is 3. The van der Waals surface area contributed by atoms with Crippen molar-refractivity contribution in [3.05, 3.63) is 65.7 Å². The quantitative estimate of drug-likeness (QED) is 0.615. The molecule has 6 heteroatoms. The Balaban J connectivity index is 1.47. The van der Waals surface area contributed by atoms with Gasteiger partial charge in [0.25, 0.3) is 5.78 Å². The average Bonchev–Trinajstić information content (AvgIpc) is 3.50. The second-order valence-corrected chi connectivity index (χ2v) is 9.15. The van der Waals surface area contributed by atoms with Crippen LogP contribution in [0.25, 0.3) is 6.08 Å². The van der Waals surface area contributed by atoms with E-state index in [1.54, 1.807) is 12.1 Å². The molecule has 5 atom stereocenters. The van der Waals surface area contributed by atoms with Crippen LogP contribution in [0.1, 0.15) is 59.8 Å². The van der Waals surface area contributed by atoms with Crippen LogP contribution in [-0.2, 0) is 9.59 Å². The van der Waals surface area contributed by atoms with Crippen LogP contribution in [0.4, 0.5) is 0 Å². The fourth-order valence-corrected chi connectivity index (χ4v) is 6.34. The Morgan fingerprint density at radius 1 is 0.968 bits per heavy atom. The summed E-state index contributed by atoms with van der Waals surface area (Å²) in [6.07, 6.45) is 10.4. The van der Waals surface area contributed by atoms with Crippen molar-refractivity contribution >= 4 is 23.7 Å². The Kier molecular flexibility index (Phi) is 4.25. The second kappa shape index (κ2) is 7.02. The van der Waals surface area contributed by atoms with Crippen molar-refractivity contribution in [3.8, 4) is 0 Å². The fraction of sp³-hybridized carbons (Fsp3) is 0.400. The summed E-state index contributed by atoms with van der Waals surface area (Å²) in [5.74, 6) is -1.38. The molecule has 4 heterocycles. The average molecular weight is 417 g/mol. The number of furan rings is 1. The summed E-state index contributed by atoms with van der Waals surface area (Å²) in [5, 5.41) is 0. The molecule has 1 unspecified atom stereocenters. The molecule has 31 heavy (non-hydrogen) atoms. The van der Waals surface area contributed by atoms with Gasteiger partial charge >= 0.3 is 0 Å². The van der Waals surface area contributed by atoms with Crippen molar-refractivity contribution in [1.29, 1.82) is 0 Å². The van der Waals surface area contributed by atoms with Crippen LogP contribution in [0.15, 0.2) is 53.3 Å². The number of nitrogens with one attached hydrogen (secondary N) is 1. The Hall–Kier alpha value is -2.99. The predicted octanol–water partition coefficient (Wildman–Crippen LogP) is 2.39. The molecule has 1 N–H and O–H groups in total. The molecule has 1 aromatic carbocycles. The van der Waals surface area contributed by atoms with E-state index in [0.29, 0.717) is 0 Å². The largest absolute Gasteiger partial charge is 0.461 e. The summed E-state index contributed by atoms with van der Waals surface area (Å²) in [4.78, 5) is 43.4. The van der Waals surface area contributed by atoms with E-state index in [0.717, 1.165) is 48.1 Å². The number of nitrogens with zero attached hydrogens (tertiary/aromatic N) is 1. The first-order chi connectivity index (χ1) is 15.2. The molecule has 2 aromatic rings. The Morgan fingerprint density at radius 2 is 1.74 bits per heavy atom. The van der Waals surface area contributed by atoms with E-state index in [-0.39, 0.29) is 35.4 Å². The van der Waals surface area contributed by atoms with Crippen LogP contribution >= 0.6 is 0 Å². The molecule has 3 fully saturated rings. The minimum Gasteiger partial charge on any atom is -0.461 e. The number of hydrogen-bond acceptors (Lipinski definition) is 4. The van der Waals surface area contributed by atoms with Crippen molar-refractivity contribution in [3.63, 3.8) is 0 Å². The highest BCUT2D eigenvalue weighted by atomic mass is 16.3. The zero-order chi connectivity index (χ0) is 21.1. The Morgan fingerprint density at radius 3 is 2.52 bits per heavy atom. The maximum atomic E-state index is 13.7. The van der Waals surface area contributed by atoms with E-state index in [2.05, 4.69) is 0 Å². The minimum absolute atomic E-state index is 0.0310. The van der Waals surface area contributed by atoms with Gasteiger partial charge in [0.15, 0.2) is 11.8 Å². The van der Waals surface area contributed by atoms with Crippen molar-refractivity contribution in [2.45, 2.75) is 50.2 Å². The number of benzene rings is 1. The molecule has 2 saturated heterocycles. The SMILES string of the molecule is O=C(c1ccco1)[C@@H]1[C@@H]2C(=O)N(C3CCCCC3)C(=O)[C@@H]2[C@H]2c3ccccc3C=C[NH+]12. The van der Waals surface area contributed by atoms with Gasteiger partial charge in [-0.05, 0) is 36.6 Å². The zero-order valence-electron chi connectivity index (χ0n) is 17.2. The molecular formula is C25H25N2O4+. The molecular weight excluding hydrogens is 392 g/mol. The fourth-order valence-electron chi connectivity index (χ4n) is 6.34. The molecule has 6 rings (SSSR count). The lowest BCUT2D eigenvalue weighted by Crippen LogP contribution is -3.12. The molecule has 6 nitrogen and oxygen atoms in total. The topological polar surface area (TPSA) is 72.0 Å². The molecule has 4 aliphatic rings. The molecule has 1 saturated carbocycles. The normalized spacial score (nSPS) is 32.1. The highest BCUT2D eigenvalue weighted by Crippen LogP contribution is 2.45. The van der Waals surface area contributed by atoms with E-state index in [9.17, 15) is 14.4 Å². The monoisotopic (exact) mass is 417 g/mol. The second-order valence-electron chi connectivity index (χ2n) is 9.15. The van der Waals surface area contributed by atoms with Gasteiger partial charge in [0.2, 0.25) is 11.8 Å². The van der Waals surface area contributed by atoms with E-state index >= 15 is 0 Å². The van der Waals surface area contributed by atoms with Crippen molar-refractivity contribution in [1.82, 2.24) is 4.90 Å². The first-order valence-corrected chi connectivity index (χ1v) is 11.2. The van der Waals surface area contributed by atoms with E-state index in [1.165, 1.54) is 11.2 Å². The third kappa shape index (κ3) is 2.64. The maximum absolute atomic E-state index is 13.7. The van der Waals surface area contributed by atoms with Crippen molar-refractivity contribution in [2.24, 2.45) is 11.8 Å². The Labute approximate surface area is 180 Å². The number of Topliss-reactive ketones (excluding diaryl/α,β-unsaturated/α-hetero) is 1. The highest BCUT2D eigenvalue weighted by Gasteiger charge is 2.68. The molecule has 2 amide bonds. The first kappa shape index (κ1) is 18.8. The van der Waals surface area contributed by atoms with Crippen molar-refractivity contribution in [2.75, 3.05) is 0 Å². The van der Waals surface area contributed by atoms with Gasteiger partial charge in [-0.1, -0.05) is 43.5 Å². The lowest BCUT2D eigenvalue weighted by molar-refractivity contribution is -0.884. The first-order valence-electron chi connectivity index (χ1n) is 11.2. The third-order valence-electron chi connectivity index (χ3n) is 7.64. The van der Waals surface area contributed by atoms with Gasteiger partial charge in [-0.3, -0.25) is 24.2 Å². The van der Waals surface area contributed by atoms with Gasteiger partial charge in [-0.25, -0.2) is 0 Å². The summed E-state index contributed by atoms with van der Waals surface area (Å²) >= 11 is 0. The van der Waals surface area contributed by atoms with Crippen LogP contribution in [0, 0.1) is 11.8 Å². The number of carbonyl (C=O) groups is 3. The standard InChI is InChI=1S/C25H24N2O4/c28-23(18-11-6-14-31-18)22-20-19(21-17-10-5-4-7-15(17)12-13-26(21)22)24(29)27(25(20)30)16-8-2-1-3-9-16/h4-7,10-14,16,19-22H,1-3,8-9H2/p+1/t19-,20+,21+,22-/m0/s1. The summed E-state index contributed by atoms with van der Waals surface area (Å²) in [6, 6.07) is 10.4. The van der Waals surface area contributed by atoms with Crippen LogP contribution in [-0.4, -0.2) is 34.6 Å². The van der Waals surface area contributed by atoms with Gasteiger partial charge < -0.3 is 4.42 Å². The van der Waals surface area contributed by atoms with Gasteiger partial charge in [0, 0.05) is 11.6 Å². The zero-order valence-corrected chi connectivity index (χ0v) is 17.2. The molecule has 0 radical (unpaired) electrons. The summed E-state index contributed by atoms with van der Waals surface area (Å²) < 4.78 is 5.41. The number of ketones is 1. The molecule has 0 spiro atoms. The van der Waals surface area contributed by atoms with Crippen LogP contribution in [0.5, 0.6) is 0 Å². The van der Waals surface area contributed by atoms with Crippen LogP contribution in [0.2, 0.25) is 0 Å². The molecule has 158 valence electrons. The predicted molar refractivity (Wildman–Crippen MR) is 112 cm³/mol. The van der Waals surface area contributed by atoms with E-state index < -0.39 is 17.9 Å². The van der Waals surface area contributed by atoms with Crippen LogP contribution < -0.4 is 4.90 Å². The molecule has 1 aromatic heterocycles. The smallest absolute Gasteiger partial charge is 0.256 e. The minimum atomic E-state index is -0.657. The number of quaternary nitrogens is 1. The third-order valence-corrected chi connectivity index (χ3v) is 7.64. The van der Waals surface area contributed by atoms with E-state index in [1.807, 2.05) is 36.5 Å². The van der Waals surface area contributed by atoms with E-state index in [4.69, 9.17) is 4.42 Å². The van der Waals surface area contributed by atoms with Gasteiger partial charge in [0.1, 0.15) is 17.9 Å². The molecule has 1 aliphatic carbocycles. The van der Waals surface area contributed by atoms with Gasteiger partial charge in [0.05, 0.1) is 12.5 Å². The lowest BCUT2D eigenvalue weighted by Gasteiger charge is -2.34. The number of amides is 2. The Bertz CT molecular complexity index is 1080. The van der Waals surface area contributed by atoms with Crippen molar-refractivity contribution < 1.29 is 23.7 Å². The van der Waals surface area contributed by atoms with Gasteiger partial charge in [-0.15, -0.1) is 0 Å². The number of likely N-dealkylation sites (tertiary alicyclic amines) is 1. The summed E-state index contributed by atoms with van der Waals surface area (Å²) in [6.45, 7) is 0. The maximum Gasteiger partial charge on any atom is 0.256 e. The lowest BCUT2D eigenvalue weighted by atomic mass is 9.84.